The summed E-state index contributed by atoms with van der Waals surface area (Å²) in [6.45, 7) is 0.853. The van der Waals surface area contributed by atoms with Crippen LogP contribution in [0.4, 0.5) is 10.1 Å². The molecule has 1 aromatic rings. The van der Waals surface area contributed by atoms with Crippen molar-refractivity contribution in [1.82, 2.24) is 0 Å². The minimum Gasteiger partial charge on any atom is -0.483 e. The first-order chi connectivity index (χ1) is 7.77. The zero-order valence-electron chi connectivity index (χ0n) is 9.26. The first-order valence-electron chi connectivity index (χ1n) is 6.00. The number of hydrogen-bond acceptors (Lipinski definition) is 2. The van der Waals surface area contributed by atoms with Gasteiger partial charge in [-0.25, -0.2) is 4.39 Å². The molecule has 1 fully saturated rings. The molecule has 1 aromatic carbocycles. The third-order valence-electron chi connectivity index (χ3n) is 3.64. The molecular weight excluding hydrogens is 205 g/mol. The van der Waals surface area contributed by atoms with Gasteiger partial charge in [-0.15, -0.1) is 0 Å². The van der Waals surface area contributed by atoms with Crippen LogP contribution < -0.4 is 10.1 Å². The molecule has 0 atom stereocenters. The van der Waals surface area contributed by atoms with E-state index in [9.17, 15) is 4.39 Å². The Bertz CT molecular complexity index is 399. The minimum atomic E-state index is -0.228. The summed E-state index contributed by atoms with van der Waals surface area (Å²) in [7, 11) is 0. The predicted molar refractivity (Wildman–Crippen MR) is 61.3 cm³/mol. The highest BCUT2D eigenvalue weighted by Crippen LogP contribution is 2.40. The standard InChI is InChI=1S/C13H16FNO/c14-10-4-5-11-12(8-10)16-13(9-15-11)6-2-1-3-7-13/h4-5,8,15H,1-3,6-7,9H2. The summed E-state index contributed by atoms with van der Waals surface area (Å²) in [5.74, 6) is 0.446. The second-order valence-electron chi connectivity index (χ2n) is 4.84. The molecule has 0 unspecified atom stereocenters. The van der Waals surface area contributed by atoms with E-state index in [0.29, 0.717) is 5.75 Å². The van der Waals surface area contributed by atoms with Crippen LogP contribution in [0.1, 0.15) is 32.1 Å². The lowest BCUT2D eigenvalue weighted by atomic mass is 9.83. The molecule has 86 valence electrons. The summed E-state index contributed by atoms with van der Waals surface area (Å²) in [5.41, 5.74) is 0.830. The summed E-state index contributed by atoms with van der Waals surface area (Å²) < 4.78 is 19.2. The Kier molecular flexibility index (Phi) is 2.27. The quantitative estimate of drug-likeness (QED) is 0.725. The van der Waals surface area contributed by atoms with Crippen LogP contribution in [-0.4, -0.2) is 12.1 Å². The van der Waals surface area contributed by atoms with E-state index in [0.717, 1.165) is 25.1 Å². The fourth-order valence-corrected chi connectivity index (χ4v) is 2.73. The van der Waals surface area contributed by atoms with E-state index in [2.05, 4.69) is 5.32 Å². The van der Waals surface area contributed by atoms with Crippen LogP contribution in [0, 0.1) is 5.82 Å². The van der Waals surface area contributed by atoms with Crippen molar-refractivity contribution in [3.05, 3.63) is 24.0 Å². The van der Waals surface area contributed by atoms with Crippen LogP contribution in [0.5, 0.6) is 5.75 Å². The Hall–Kier alpha value is -1.25. The molecule has 0 aromatic heterocycles. The van der Waals surface area contributed by atoms with E-state index in [-0.39, 0.29) is 11.4 Å². The molecule has 3 rings (SSSR count). The van der Waals surface area contributed by atoms with Gasteiger partial charge in [0.1, 0.15) is 17.2 Å². The number of fused-ring (bicyclic) bond motifs is 1. The topological polar surface area (TPSA) is 21.3 Å². The van der Waals surface area contributed by atoms with Crippen LogP contribution in [0.15, 0.2) is 18.2 Å². The SMILES string of the molecule is Fc1ccc2c(c1)OC1(CCCCC1)CN2. The number of rotatable bonds is 0. The monoisotopic (exact) mass is 221 g/mol. The highest BCUT2D eigenvalue weighted by atomic mass is 19.1. The summed E-state index contributed by atoms with van der Waals surface area (Å²) in [6.07, 6.45) is 5.88. The van der Waals surface area contributed by atoms with Gasteiger partial charge in [-0.1, -0.05) is 6.42 Å². The van der Waals surface area contributed by atoms with Gasteiger partial charge in [0.2, 0.25) is 0 Å². The Labute approximate surface area is 94.8 Å². The fourth-order valence-electron chi connectivity index (χ4n) is 2.73. The first kappa shape index (κ1) is 9.94. The summed E-state index contributed by atoms with van der Waals surface area (Å²) in [4.78, 5) is 0. The molecule has 0 radical (unpaired) electrons. The average molecular weight is 221 g/mol. The van der Waals surface area contributed by atoms with Crippen LogP contribution in [0.2, 0.25) is 0 Å². The molecule has 16 heavy (non-hydrogen) atoms. The normalized spacial score (nSPS) is 22.1. The lowest BCUT2D eigenvalue weighted by Gasteiger charge is -2.41. The average Bonchev–Trinajstić information content (AvgIpc) is 2.29. The first-order valence-corrected chi connectivity index (χ1v) is 6.00. The summed E-state index contributed by atoms with van der Waals surface area (Å²) in [6, 6.07) is 4.70. The van der Waals surface area contributed by atoms with Gasteiger partial charge < -0.3 is 10.1 Å². The summed E-state index contributed by atoms with van der Waals surface area (Å²) in [5, 5.41) is 3.36. The van der Waals surface area contributed by atoms with Crippen molar-refractivity contribution in [3.63, 3.8) is 0 Å². The van der Waals surface area contributed by atoms with E-state index in [1.807, 2.05) is 0 Å². The van der Waals surface area contributed by atoms with Crippen molar-refractivity contribution in [2.45, 2.75) is 37.7 Å². The highest BCUT2D eigenvalue weighted by Gasteiger charge is 2.37. The van der Waals surface area contributed by atoms with Crippen molar-refractivity contribution >= 4 is 5.69 Å². The molecule has 2 aliphatic rings. The zero-order valence-corrected chi connectivity index (χ0v) is 9.26. The second-order valence-corrected chi connectivity index (χ2v) is 4.84. The largest absolute Gasteiger partial charge is 0.483 e. The molecule has 0 amide bonds. The molecule has 1 aliphatic heterocycles. The minimum absolute atomic E-state index is 0.0843. The Morgan fingerprint density at radius 3 is 2.81 bits per heavy atom. The van der Waals surface area contributed by atoms with Crippen molar-refractivity contribution < 1.29 is 9.13 Å². The third kappa shape index (κ3) is 1.64. The van der Waals surface area contributed by atoms with Crippen molar-refractivity contribution in [3.8, 4) is 5.75 Å². The van der Waals surface area contributed by atoms with Gasteiger partial charge in [-0.2, -0.15) is 0 Å². The van der Waals surface area contributed by atoms with Gasteiger partial charge in [0.05, 0.1) is 12.2 Å². The van der Waals surface area contributed by atoms with Crippen LogP contribution in [-0.2, 0) is 0 Å². The molecular formula is C13H16FNO. The maximum absolute atomic E-state index is 13.1. The lowest BCUT2D eigenvalue weighted by Crippen LogP contribution is -2.47. The van der Waals surface area contributed by atoms with Gasteiger partial charge >= 0.3 is 0 Å². The molecule has 1 N–H and O–H groups in total. The van der Waals surface area contributed by atoms with Crippen molar-refractivity contribution in [2.75, 3.05) is 11.9 Å². The molecule has 1 spiro atoms. The zero-order chi connectivity index (χ0) is 11.0. The van der Waals surface area contributed by atoms with E-state index < -0.39 is 0 Å². The number of hydrogen-bond donors (Lipinski definition) is 1. The molecule has 1 heterocycles. The predicted octanol–water partition coefficient (Wildman–Crippen LogP) is 3.33. The van der Waals surface area contributed by atoms with Gasteiger partial charge in [-0.3, -0.25) is 0 Å². The van der Waals surface area contributed by atoms with Gasteiger partial charge in [-0.05, 0) is 37.8 Å². The van der Waals surface area contributed by atoms with E-state index in [1.54, 1.807) is 6.07 Å². The number of nitrogens with one attached hydrogen (secondary N) is 1. The molecule has 0 bridgehead atoms. The van der Waals surface area contributed by atoms with E-state index in [1.165, 1.54) is 31.4 Å². The van der Waals surface area contributed by atoms with Gasteiger partial charge in [0.15, 0.2) is 0 Å². The third-order valence-corrected chi connectivity index (χ3v) is 3.64. The molecule has 1 saturated carbocycles. The Balaban J connectivity index is 1.89. The number of anilines is 1. The van der Waals surface area contributed by atoms with E-state index >= 15 is 0 Å². The summed E-state index contributed by atoms with van der Waals surface area (Å²) >= 11 is 0. The second kappa shape index (κ2) is 3.65. The van der Waals surface area contributed by atoms with Gasteiger partial charge in [0, 0.05) is 6.07 Å². The smallest absolute Gasteiger partial charge is 0.146 e. The fraction of sp³-hybridized carbons (Fsp3) is 0.538. The maximum atomic E-state index is 13.1. The van der Waals surface area contributed by atoms with Crippen LogP contribution >= 0.6 is 0 Å². The molecule has 2 nitrogen and oxygen atoms in total. The highest BCUT2D eigenvalue weighted by molar-refractivity contribution is 5.58. The molecule has 3 heteroatoms. The molecule has 1 aliphatic carbocycles. The van der Waals surface area contributed by atoms with Crippen molar-refractivity contribution in [2.24, 2.45) is 0 Å². The Morgan fingerprint density at radius 2 is 2.00 bits per heavy atom. The number of ether oxygens (including phenoxy) is 1. The van der Waals surface area contributed by atoms with Crippen LogP contribution in [0.25, 0.3) is 0 Å². The maximum Gasteiger partial charge on any atom is 0.146 e. The number of benzene rings is 1. The number of halogens is 1. The van der Waals surface area contributed by atoms with Crippen molar-refractivity contribution in [1.29, 1.82) is 0 Å². The molecule has 0 saturated heterocycles. The van der Waals surface area contributed by atoms with Gasteiger partial charge in [0.25, 0.3) is 0 Å². The lowest BCUT2D eigenvalue weighted by molar-refractivity contribution is 0.0366. The van der Waals surface area contributed by atoms with E-state index in [4.69, 9.17) is 4.74 Å². The Morgan fingerprint density at radius 1 is 1.19 bits per heavy atom. The van der Waals surface area contributed by atoms with Crippen LogP contribution in [0.3, 0.4) is 0 Å².